The van der Waals surface area contributed by atoms with Gasteiger partial charge >= 0.3 is 0 Å². The van der Waals surface area contributed by atoms with Crippen molar-refractivity contribution in [3.63, 3.8) is 0 Å². The van der Waals surface area contributed by atoms with Crippen molar-refractivity contribution >= 4 is 28.8 Å². The molecular formula is C17H17FN4O2. The van der Waals surface area contributed by atoms with E-state index < -0.39 is 11.7 Å². The number of nitrogens with one attached hydrogen (secondary N) is 2. The number of carbonyl (C=O) groups excluding carboxylic acids is 2. The average molecular weight is 328 g/mol. The van der Waals surface area contributed by atoms with Gasteiger partial charge in [0.05, 0.1) is 11.0 Å². The Hall–Kier alpha value is -3.22. The number of amides is 2. The van der Waals surface area contributed by atoms with E-state index in [1.54, 1.807) is 14.1 Å². The van der Waals surface area contributed by atoms with Crippen LogP contribution in [0.2, 0.25) is 0 Å². The molecule has 0 aliphatic heterocycles. The molecule has 2 rings (SSSR count). The topological polar surface area (TPSA) is 78.1 Å². The van der Waals surface area contributed by atoms with Gasteiger partial charge in [-0.2, -0.15) is 0 Å². The summed E-state index contributed by atoms with van der Waals surface area (Å²) < 4.78 is 13.2. The fourth-order valence-corrected chi connectivity index (χ4v) is 1.84. The molecule has 0 aliphatic rings. The first kappa shape index (κ1) is 17.1. The van der Waals surface area contributed by atoms with E-state index in [4.69, 9.17) is 0 Å². The summed E-state index contributed by atoms with van der Waals surface area (Å²) in [7, 11) is 3.25. The third kappa shape index (κ3) is 4.16. The zero-order chi connectivity index (χ0) is 17.7. The number of nitrogens with zero attached hydrogens (tertiary/aromatic N) is 2. The third-order valence-electron chi connectivity index (χ3n) is 3.11. The van der Waals surface area contributed by atoms with Gasteiger partial charge < -0.3 is 9.88 Å². The Morgan fingerprint density at radius 1 is 1.38 bits per heavy atom. The lowest BCUT2D eigenvalue weighted by atomic mass is 10.2. The molecule has 2 amide bonds. The van der Waals surface area contributed by atoms with E-state index in [1.165, 1.54) is 47.4 Å². The van der Waals surface area contributed by atoms with E-state index in [0.717, 1.165) is 0 Å². The molecular weight excluding hydrogens is 311 g/mol. The van der Waals surface area contributed by atoms with Crippen molar-refractivity contribution in [2.75, 3.05) is 19.4 Å². The van der Waals surface area contributed by atoms with Crippen molar-refractivity contribution in [3.8, 4) is 0 Å². The number of hydrogen-bond acceptors (Lipinski definition) is 3. The first-order chi connectivity index (χ1) is 11.4. The lowest BCUT2D eigenvalue weighted by Gasteiger charge is -2.04. The molecule has 2 aromatic rings. The quantitative estimate of drug-likeness (QED) is 0.653. The summed E-state index contributed by atoms with van der Waals surface area (Å²) in [5.74, 6) is -0.853. The van der Waals surface area contributed by atoms with Crippen molar-refractivity contribution in [1.82, 2.24) is 14.9 Å². The van der Waals surface area contributed by atoms with Crippen molar-refractivity contribution in [1.29, 1.82) is 0 Å². The molecule has 24 heavy (non-hydrogen) atoms. The molecule has 0 radical (unpaired) electrons. The molecule has 1 aromatic heterocycles. The Bertz CT molecular complexity index is 849. The predicted octanol–water partition coefficient (Wildman–Crippen LogP) is 2.40. The van der Waals surface area contributed by atoms with Gasteiger partial charge in [0, 0.05) is 25.7 Å². The maximum Gasteiger partial charge on any atom is 0.257 e. The van der Waals surface area contributed by atoms with Crippen LogP contribution in [0.5, 0.6) is 0 Å². The summed E-state index contributed by atoms with van der Waals surface area (Å²) in [6.45, 7) is 3.57. The number of anilines is 1. The molecule has 0 bridgehead atoms. The molecule has 0 aliphatic carbocycles. The summed E-state index contributed by atoms with van der Waals surface area (Å²) >= 11 is 0. The Morgan fingerprint density at radius 3 is 2.79 bits per heavy atom. The zero-order valence-electron chi connectivity index (χ0n) is 13.3. The molecule has 7 heteroatoms. The van der Waals surface area contributed by atoms with Crippen LogP contribution in [0.4, 0.5) is 10.3 Å². The number of benzene rings is 1. The third-order valence-corrected chi connectivity index (χ3v) is 3.11. The highest BCUT2D eigenvalue weighted by molar-refractivity contribution is 6.05. The second-order valence-corrected chi connectivity index (χ2v) is 5.12. The van der Waals surface area contributed by atoms with Crippen molar-refractivity contribution in [2.24, 2.45) is 0 Å². The van der Waals surface area contributed by atoms with Crippen LogP contribution in [-0.2, 0) is 9.59 Å². The molecule has 0 saturated carbocycles. The normalized spacial score (nSPS) is 11.7. The fraction of sp³-hybridized carbons (Fsp3) is 0.118. The minimum absolute atomic E-state index is 0.196. The van der Waals surface area contributed by atoms with Gasteiger partial charge in [0.25, 0.3) is 5.91 Å². The number of hydrogen-bond donors (Lipinski definition) is 2. The monoisotopic (exact) mass is 328 g/mol. The second kappa shape index (κ2) is 7.36. The van der Waals surface area contributed by atoms with Crippen LogP contribution < -0.4 is 5.32 Å². The molecule has 0 spiro atoms. The first-order valence-corrected chi connectivity index (χ1v) is 7.09. The summed E-state index contributed by atoms with van der Waals surface area (Å²) in [4.78, 5) is 32.0. The van der Waals surface area contributed by atoms with Gasteiger partial charge in [-0.15, -0.1) is 0 Å². The molecule has 1 heterocycles. The van der Waals surface area contributed by atoms with E-state index in [-0.39, 0.29) is 17.4 Å². The van der Waals surface area contributed by atoms with Crippen LogP contribution in [0.15, 0.2) is 54.7 Å². The van der Waals surface area contributed by atoms with E-state index in [9.17, 15) is 14.0 Å². The van der Waals surface area contributed by atoms with Crippen molar-refractivity contribution in [3.05, 3.63) is 60.5 Å². The summed E-state index contributed by atoms with van der Waals surface area (Å²) in [5, 5.41) is 2.57. The van der Waals surface area contributed by atoms with Crippen molar-refractivity contribution < 1.29 is 14.0 Å². The smallest absolute Gasteiger partial charge is 0.257 e. The lowest BCUT2D eigenvalue weighted by molar-refractivity contribution is -0.123. The van der Waals surface area contributed by atoms with E-state index in [1.807, 2.05) is 0 Å². The Balaban J connectivity index is 2.13. The molecule has 6 nitrogen and oxygen atoms in total. The average Bonchev–Trinajstić information content (AvgIpc) is 2.92. The molecule has 124 valence electrons. The van der Waals surface area contributed by atoms with Crippen LogP contribution >= 0.6 is 0 Å². The van der Waals surface area contributed by atoms with Gasteiger partial charge in [0.2, 0.25) is 11.9 Å². The van der Waals surface area contributed by atoms with Crippen LogP contribution in [-0.4, -0.2) is 40.8 Å². The number of aromatic amines is 1. The fourth-order valence-electron chi connectivity index (χ4n) is 1.84. The SMILES string of the molecule is C=C/C(=C\C=C\C(=O)N(C)C)C(=O)Nc1nc2ccc(F)cc2[nH]1. The van der Waals surface area contributed by atoms with E-state index in [0.29, 0.717) is 11.0 Å². The number of carbonyl (C=O) groups is 2. The number of rotatable bonds is 5. The maximum absolute atomic E-state index is 13.2. The molecule has 1 aromatic carbocycles. The van der Waals surface area contributed by atoms with Gasteiger partial charge in [0.1, 0.15) is 5.82 Å². The highest BCUT2D eigenvalue weighted by Crippen LogP contribution is 2.16. The van der Waals surface area contributed by atoms with Crippen LogP contribution in [0.25, 0.3) is 11.0 Å². The Labute approximate surface area is 138 Å². The number of halogens is 1. The van der Waals surface area contributed by atoms with Gasteiger partial charge in [-0.1, -0.05) is 18.7 Å². The number of aromatic nitrogens is 2. The highest BCUT2D eigenvalue weighted by Gasteiger charge is 2.09. The Kier molecular flexibility index (Phi) is 5.26. The van der Waals surface area contributed by atoms with Crippen LogP contribution in [0.3, 0.4) is 0 Å². The van der Waals surface area contributed by atoms with Crippen molar-refractivity contribution in [2.45, 2.75) is 0 Å². The first-order valence-electron chi connectivity index (χ1n) is 7.09. The predicted molar refractivity (Wildman–Crippen MR) is 90.8 cm³/mol. The number of allylic oxidation sites excluding steroid dienone is 2. The zero-order valence-corrected chi connectivity index (χ0v) is 13.3. The maximum atomic E-state index is 13.2. The number of H-pyrrole nitrogens is 1. The molecule has 2 N–H and O–H groups in total. The summed E-state index contributed by atoms with van der Waals surface area (Å²) in [6.07, 6.45) is 5.63. The van der Waals surface area contributed by atoms with Crippen LogP contribution in [0.1, 0.15) is 0 Å². The molecule has 0 saturated heterocycles. The van der Waals surface area contributed by atoms with Gasteiger partial charge in [0.15, 0.2) is 0 Å². The summed E-state index contributed by atoms with van der Waals surface area (Å²) in [6, 6.07) is 4.09. The van der Waals surface area contributed by atoms with E-state index >= 15 is 0 Å². The highest BCUT2D eigenvalue weighted by atomic mass is 19.1. The molecule has 0 fully saturated rings. The minimum atomic E-state index is -0.452. The van der Waals surface area contributed by atoms with Gasteiger partial charge in [-0.3, -0.25) is 14.9 Å². The molecule has 0 atom stereocenters. The van der Waals surface area contributed by atoms with Gasteiger partial charge in [-0.25, -0.2) is 9.37 Å². The molecule has 0 unspecified atom stereocenters. The van der Waals surface area contributed by atoms with Crippen LogP contribution in [0, 0.1) is 5.82 Å². The van der Waals surface area contributed by atoms with Gasteiger partial charge in [-0.05, 0) is 24.3 Å². The lowest BCUT2D eigenvalue weighted by Crippen LogP contribution is -2.18. The largest absolute Gasteiger partial charge is 0.345 e. The number of imidazole rings is 1. The standard InChI is InChI=1S/C17H17FN4O2/c1-4-11(6-5-7-15(23)22(2)3)16(24)21-17-19-13-9-8-12(18)10-14(13)20-17/h4-10H,1H2,2-3H3,(H2,19,20,21,24)/b7-5+,11-6+. The minimum Gasteiger partial charge on any atom is -0.345 e. The Morgan fingerprint density at radius 2 is 2.12 bits per heavy atom. The number of fused-ring (bicyclic) bond motifs is 1. The second-order valence-electron chi connectivity index (χ2n) is 5.12. The van der Waals surface area contributed by atoms with E-state index in [2.05, 4.69) is 21.9 Å². The summed E-state index contributed by atoms with van der Waals surface area (Å²) in [5.41, 5.74) is 1.27. The number of likely N-dealkylation sites (N-methyl/N-ethyl adjacent to an activating group) is 1.